The Morgan fingerprint density at radius 3 is 2.55 bits per heavy atom. The van der Waals surface area contributed by atoms with Gasteiger partial charge in [-0.15, -0.1) is 0 Å². The fourth-order valence-corrected chi connectivity index (χ4v) is 3.58. The number of ether oxygens (including phenoxy) is 1. The molecule has 3 nitrogen and oxygen atoms in total. The van der Waals surface area contributed by atoms with Crippen molar-refractivity contribution in [2.75, 3.05) is 13.1 Å². The average molecular weight is 275 g/mol. The van der Waals surface area contributed by atoms with Gasteiger partial charge >= 0.3 is 0 Å². The Labute approximate surface area is 121 Å². The highest BCUT2D eigenvalue weighted by atomic mass is 16.5. The van der Waals surface area contributed by atoms with Crippen molar-refractivity contribution < 1.29 is 9.84 Å². The molecule has 1 aliphatic heterocycles. The second-order valence-corrected chi connectivity index (χ2v) is 6.27. The van der Waals surface area contributed by atoms with Crippen LogP contribution in [-0.2, 0) is 6.42 Å². The van der Waals surface area contributed by atoms with Crippen molar-refractivity contribution in [2.45, 2.75) is 44.8 Å². The zero-order valence-corrected chi connectivity index (χ0v) is 12.2. The Balaban J connectivity index is 1.61. The molecule has 4 atom stereocenters. The van der Waals surface area contributed by atoms with Gasteiger partial charge in [0.15, 0.2) is 0 Å². The van der Waals surface area contributed by atoms with Crippen molar-refractivity contribution in [3.8, 4) is 5.75 Å². The number of benzene rings is 1. The molecule has 1 saturated heterocycles. The maximum atomic E-state index is 10.3. The van der Waals surface area contributed by atoms with Crippen LogP contribution in [0, 0.1) is 11.8 Å². The van der Waals surface area contributed by atoms with Crippen LogP contribution in [0.3, 0.4) is 0 Å². The van der Waals surface area contributed by atoms with E-state index >= 15 is 0 Å². The van der Waals surface area contributed by atoms with Gasteiger partial charge in [0.25, 0.3) is 0 Å². The van der Waals surface area contributed by atoms with E-state index in [1.54, 1.807) is 0 Å². The van der Waals surface area contributed by atoms with Crippen molar-refractivity contribution in [3.63, 3.8) is 0 Å². The van der Waals surface area contributed by atoms with Gasteiger partial charge in [0.05, 0.1) is 6.10 Å². The Hall–Kier alpha value is -1.06. The number of hydrogen-bond acceptors (Lipinski definition) is 3. The lowest BCUT2D eigenvalue weighted by Crippen LogP contribution is -2.42. The van der Waals surface area contributed by atoms with Crippen LogP contribution >= 0.6 is 0 Å². The van der Waals surface area contributed by atoms with Crippen LogP contribution in [0.15, 0.2) is 24.3 Å². The summed E-state index contributed by atoms with van der Waals surface area (Å²) in [5.74, 6) is 2.19. The second kappa shape index (κ2) is 6.15. The Bertz CT molecular complexity index is 431. The molecule has 0 radical (unpaired) electrons. The van der Waals surface area contributed by atoms with E-state index in [4.69, 9.17) is 4.74 Å². The van der Waals surface area contributed by atoms with E-state index in [2.05, 4.69) is 24.4 Å². The number of fused-ring (bicyclic) bond motifs is 1. The number of aliphatic hydroxyl groups is 1. The third-order valence-electron chi connectivity index (χ3n) is 4.74. The molecule has 0 bridgehead atoms. The Morgan fingerprint density at radius 1 is 1.15 bits per heavy atom. The maximum Gasteiger partial charge on any atom is 0.125 e. The van der Waals surface area contributed by atoms with E-state index in [0.717, 1.165) is 44.5 Å². The van der Waals surface area contributed by atoms with Crippen molar-refractivity contribution in [1.82, 2.24) is 5.32 Å². The SMILES string of the molecule is CCCc1ccc(O[C@@H]2C[C@@H]3CNC[C@@H]3C[C@H]2O)cc1. The van der Waals surface area contributed by atoms with Gasteiger partial charge in [0.1, 0.15) is 11.9 Å². The van der Waals surface area contributed by atoms with Crippen LogP contribution in [0.2, 0.25) is 0 Å². The van der Waals surface area contributed by atoms with Gasteiger partial charge in [-0.25, -0.2) is 0 Å². The number of rotatable bonds is 4. The van der Waals surface area contributed by atoms with E-state index in [-0.39, 0.29) is 12.2 Å². The first kappa shape index (κ1) is 13.9. The van der Waals surface area contributed by atoms with E-state index in [9.17, 15) is 5.11 Å². The second-order valence-electron chi connectivity index (χ2n) is 6.27. The highest BCUT2D eigenvalue weighted by Crippen LogP contribution is 2.34. The van der Waals surface area contributed by atoms with Gasteiger partial charge in [0, 0.05) is 0 Å². The van der Waals surface area contributed by atoms with Crippen molar-refractivity contribution >= 4 is 0 Å². The Morgan fingerprint density at radius 2 is 1.85 bits per heavy atom. The summed E-state index contributed by atoms with van der Waals surface area (Å²) >= 11 is 0. The van der Waals surface area contributed by atoms with Crippen LogP contribution in [0.4, 0.5) is 0 Å². The topological polar surface area (TPSA) is 41.5 Å². The molecule has 3 rings (SSSR count). The lowest BCUT2D eigenvalue weighted by molar-refractivity contribution is -0.0231. The molecule has 0 spiro atoms. The lowest BCUT2D eigenvalue weighted by atomic mass is 9.78. The molecule has 20 heavy (non-hydrogen) atoms. The largest absolute Gasteiger partial charge is 0.488 e. The van der Waals surface area contributed by atoms with Crippen LogP contribution in [0.25, 0.3) is 0 Å². The third kappa shape index (κ3) is 2.99. The molecule has 0 unspecified atom stereocenters. The number of aliphatic hydroxyl groups excluding tert-OH is 1. The van der Waals surface area contributed by atoms with Crippen LogP contribution in [-0.4, -0.2) is 30.4 Å². The quantitative estimate of drug-likeness (QED) is 0.886. The Kier molecular flexibility index (Phi) is 4.27. The van der Waals surface area contributed by atoms with Gasteiger partial charge in [0.2, 0.25) is 0 Å². The molecule has 1 aliphatic carbocycles. The van der Waals surface area contributed by atoms with E-state index in [1.165, 1.54) is 5.56 Å². The molecule has 3 heteroatoms. The minimum absolute atomic E-state index is 0.0480. The van der Waals surface area contributed by atoms with E-state index < -0.39 is 0 Å². The maximum absolute atomic E-state index is 10.3. The molecule has 0 aromatic heterocycles. The van der Waals surface area contributed by atoms with Gasteiger partial charge in [-0.05, 0) is 61.9 Å². The smallest absolute Gasteiger partial charge is 0.125 e. The third-order valence-corrected chi connectivity index (χ3v) is 4.74. The van der Waals surface area contributed by atoms with E-state index in [1.807, 2.05) is 12.1 Å². The monoisotopic (exact) mass is 275 g/mol. The first-order chi connectivity index (χ1) is 9.76. The first-order valence-electron chi connectivity index (χ1n) is 7.90. The standard InChI is InChI=1S/C17H25NO2/c1-2-3-12-4-6-15(7-5-12)20-17-9-14-11-18-10-13(14)8-16(17)19/h4-7,13-14,16-19H,2-3,8-11H2,1H3/t13-,14+,16+,17+/m0/s1. The van der Waals surface area contributed by atoms with Crippen molar-refractivity contribution in [2.24, 2.45) is 11.8 Å². The summed E-state index contributed by atoms with van der Waals surface area (Å²) in [6, 6.07) is 8.34. The fourth-order valence-electron chi connectivity index (χ4n) is 3.58. The number of nitrogens with one attached hydrogen (secondary N) is 1. The average Bonchev–Trinajstić information content (AvgIpc) is 2.89. The van der Waals surface area contributed by atoms with E-state index in [0.29, 0.717) is 11.8 Å². The predicted molar refractivity (Wildman–Crippen MR) is 79.9 cm³/mol. The van der Waals surface area contributed by atoms with Gasteiger partial charge in [-0.2, -0.15) is 0 Å². The normalized spacial score (nSPS) is 32.9. The molecule has 110 valence electrons. The minimum atomic E-state index is -0.327. The van der Waals surface area contributed by atoms with Gasteiger partial charge < -0.3 is 15.2 Å². The highest BCUT2D eigenvalue weighted by molar-refractivity contribution is 5.27. The molecular weight excluding hydrogens is 250 g/mol. The molecule has 0 amide bonds. The zero-order chi connectivity index (χ0) is 13.9. The molecule has 1 heterocycles. The number of aryl methyl sites for hydroxylation is 1. The van der Waals surface area contributed by atoms with Crippen LogP contribution in [0.1, 0.15) is 31.7 Å². The fraction of sp³-hybridized carbons (Fsp3) is 0.647. The summed E-state index contributed by atoms with van der Waals surface area (Å²) in [4.78, 5) is 0. The van der Waals surface area contributed by atoms with Gasteiger partial charge in [-0.1, -0.05) is 25.5 Å². The van der Waals surface area contributed by atoms with Crippen molar-refractivity contribution in [1.29, 1.82) is 0 Å². The minimum Gasteiger partial charge on any atom is -0.488 e. The first-order valence-corrected chi connectivity index (χ1v) is 7.90. The molecule has 2 fully saturated rings. The molecule has 1 aromatic rings. The molecule has 1 aromatic carbocycles. The summed E-state index contributed by atoms with van der Waals surface area (Å²) in [5, 5.41) is 13.7. The summed E-state index contributed by atoms with van der Waals surface area (Å²) in [7, 11) is 0. The summed E-state index contributed by atoms with van der Waals surface area (Å²) in [5.41, 5.74) is 1.35. The summed E-state index contributed by atoms with van der Waals surface area (Å²) in [6.45, 7) is 4.32. The summed E-state index contributed by atoms with van der Waals surface area (Å²) in [6.07, 6.45) is 3.74. The van der Waals surface area contributed by atoms with Gasteiger partial charge in [-0.3, -0.25) is 0 Å². The molecule has 2 aliphatic rings. The van der Waals surface area contributed by atoms with Crippen LogP contribution in [0.5, 0.6) is 5.75 Å². The van der Waals surface area contributed by atoms with Crippen LogP contribution < -0.4 is 10.1 Å². The molecular formula is C17H25NO2. The number of hydrogen-bond donors (Lipinski definition) is 2. The zero-order valence-electron chi connectivity index (χ0n) is 12.2. The van der Waals surface area contributed by atoms with Crippen molar-refractivity contribution in [3.05, 3.63) is 29.8 Å². The molecule has 2 N–H and O–H groups in total. The lowest BCUT2D eigenvalue weighted by Gasteiger charge is -2.35. The highest BCUT2D eigenvalue weighted by Gasteiger charge is 2.39. The molecule has 1 saturated carbocycles. The summed E-state index contributed by atoms with van der Waals surface area (Å²) < 4.78 is 6.03. The predicted octanol–water partition coefficient (Wildman–Crippen LogP) is 2.38.